The van der Waals surface area contributed by atoms with Crippen molar-refractivity contribution in [1.82, 2.24) is 14.9 Å². The van der Waals surface area contributed by atoms with Crippen molar-refractivity contribution in [2.24, 2.45) is 0 Å². The molecular weight excluding hydrogens is 234 g/mol. The lowest BCUT2D eigenvalue weighted by molar-refractivity contribution is 0.344. The molecule has 0 aliphatic carbocycles. The van der Waals surface area contributed by atoms with Gasteiger partial charge in [0.15, 0.2) is 4.77 Å². The number of hydrogen-bond donors (Lipinski definition) is 2. The van der Waals surface area contributed by atoms with Gasteiger partial charge in [-0.1, -0.05) is 0 Å². The Balaban J connectivity index is 2.95. The number of hydrogen-bond acceptors (Lipinski definition) is 3. The van der Waals surface area contributed by atoms with Gasteiger partial charge in [0.05, 0.1) is 5.56 Å². The van der Waals surface area contributed by atoms with E-state index < -0.39 is 0 Å². The van der Waals surface area contributed by atoms with Gasteiger partial charge in [-0.05, 0) is 26.2 Å². The standard InChI is InChI=1S/C9H14ClN3OS/c1-6-7(5-13(2)4-3-10)8(14)12-9(15)11-6/h3-5H2,1-2H3,(H2,11,12,14,15). The predicted octanol–water partition coefficient (Wildman–Crippen LogP) is 1.41. The van der Waals surface area contributed by atoms with Crippen molar-refractivity contribution < 1.29 is 0 Å². The Morgan fingerprint density at radius 2 is 2.13 bits per heavy atom. The van der Waals surface area contributed by atoms with Crippen LogP contribution in [0.25, 0.3) is 0 Å². The topological polar surface area (TPSA) is 51.9 Å². The number of halogens is 1. The van der Waals surface area contributed by atoms with Crippen LogP contribution >= 0.6 is 23.8 Å². The average Bonchev–Trinajstić information content (AvgIpc) is 2.11. The molecular formula is C9H14ClN3OS. The lowest BCUT2D eigenvalue weighted by Gasteiger charge is -2.15. The Kier molecular flexibility index (Phi) is 4.50. The fourth-order valence-corrected chi connectivity index (χ4v) is 1.84. The van der Waals surface area contributed by atoms with E-state index in [1.54, 1.807) is 0 Å². The normalized spacial score (nSPS) is 10.9. The summed E-state index contributed by atoms with van der Waals surface area (Å²) in [5.41, 5.74) is 1.39. The largest absolute Gasteiger partial charge is 0.336 e. The second kappa shape index (κ2) is 5.44. The molecule has 0 saturated carbocycles. The van der Waals surface area contributed by atoms with E-state index in [2.05, 4.69) is 9.97 Å². The highest BCUT2D eigenvalue weighted by atomic mass is 35.5. The first-order valence-corrected chi connectivity index (χ1v) is 5.55. The van der Waals surface area contributed by atoms with Crippen LogP contribution in [0.3, 0.4) is 0 Å². The van der Waals surface area contributed by atoms with Crippen molar-refractivity contribution in [2.75, 3.05) is 19.5 Å². The number of alkyl halides is 1. The quantitative estimate of drug-likeness (QED) is 0.625. The number of nitrogens with zero attached hydrogens (tertiary/aromatic N) is 1. The fraction of sp³-hybridized carbons (Fsp3) is 0.556. The molecule has 1 rings (SSSR count). The number of aromatic amines is 2. The molecule has 0 unspecified atom stereocenters. The number of aryl methyl sites for hydroxylation is 1. The number of aromatic nitrogens is 2. The molecule has 0 aliphatic heterocycles. The Labute approximate surface area is 98.3 Å². The minimum absolute atomic E-state index is 0.127. The van der Waals surface area contributed by atoms with Gasteiger partial charge < -0.3 is 9.88 Å². The molecule has 0 bridgehead atoms. The van der Waals surface area contributed by atoms with Gasteiger partial charge in [0.2, 0.25) is 0 Å². The predicted molar refractivity (Wildman–Crippen MR) is 64.0 cm³/mol. The maximum absolute atomic E-state index is 11.6. The fourth-order valence-electron chi connectivity index (χ4n) is 1.31. The van der Waals surface area contributed by atoms with Gasteiger partial charge in [0.25, 0.3) is 5.56 Å². The maximum atomic E-state index is 11.6. The summed E-state index contributed by atoms with van der Waals surface area (Å²) < 4.78 is 0.362. The summed E-state index contributed by atoms with van der Waals surface area (Å²) in [6.07, 6.45) is 0. The van der Waals surface area contributed by atoms with Crippen molar-refractivity contribution in [3.8, 4) is 0 Å². The lowest BCUT2D eigenvalue weighted by atomic mass is 10.2. The first-order valence-electron chi connectivity index (χ1n) is 4.61. The minimum atomic E-state index is -0.127. The van der Waals surface area contributed by atoms with Crippen LogP contribution in [0, 0.1) is 11.7 Å². The van der Waals surface area contributed by atoms with Crippen molar-refractivity contribution >= 4 is 23.8 Å². The van der Waals surface area contributed by atoms with E-state index >= 15 is 0 Å². The summed E-state index contributed by atoms with van der Waals surface area (Å²) in [6, 6.07) is 0. The first-order chi connectivity index (χ1) is 7.04. The van der Waals surface area contributed by atoms with Crippen molar-refractivity contribution in [1.29, 1.82) is 0 Å². The van der Waals surface area contributed by atoms with Crippen molar-refractivity contribution in [3.05, 3.63) is 26.4 Å². The van der Waals surface area contributed by atoms with Gasteiger partial charge in [0, 0.05) is 24.7 Å². The Morgan fingerprint density at radius 3 is 2.67 bits per heavy atom. The average molecular weight is 248 g/mol. The molecule has 0 fully saturated rings. The van der Waals surface area contributed by atoms with Crippen molar-refractivity contribution in [2.45, 2.75) is 13.5 Å². The molecule has 0 spiro atoms. The van der Waals surface area contributed by atoms with E-state index in [1.807, 2.05) is 18.9 Å². The molecule has 1 heterocycles. The minimum Gasteiger partial charge on any atom is -0.336 e. The summed E-state index contributed by atoms with van der Waals surface area (Å²) in [5.74, 6) is 0.552. The SMILES string of the molecule is Cc1[nH]c(=S)[nH]c(=O)c1CN(C)CCCl. The first kappa shape index (κ1) is 12.4. The van der Waals surface area contributed by atoms with Crippen LogP contribution in [-0.2, 0) is 6.54 Å². The van der Waals surface area contributed by atoms with E-state index in [4.69, 9.17) is 23.8 Å². The smallest absolute Gasteiger partial charge is 0.256 e. The third-order valence-corrected chi connectivity index (χ3v) is 2.52. The lowest BCUT2D eigenvalue weighted by Crippen LogP contribution is -2.26. The summed E-state index contributed by atoms with van der Waals surface area (Å²) in [7, 11) is 1.92. The van der Waals surface area contributed by atoms with E-state index in [0.717, 1.165) is 12.2 Å². The van der Waals surface area contributed by atoms with Gasteiger partial charge in [-0.3, -0.25) is 9.78 Å². The third-order valence-electron chi connectivity index (χ3n) is 2.15. The Morgan fingerprint density at radius 1 is 1.47 bits per heavy atom. The highest BCUT2D eigenvalue weighted by molar-refractivity contribution is 7.71. The third kappa shape index (κ3) is 3.44. The van der Waals surface area contributed by atoms with E-state index in [-0.39, 0.29) is 5.56 Å². The molecule has 1 aromatic rings. The van der Waals surface area contributed by atoms with E-state index in [9.17, 15) is 4.79 Å². The number of nitrogens with one attached hydrogen (secondary N) is 2. The zero-order valence-electron chi connectivity index (χ0n) is 8.76. The van der Waals surface area contributed by atoms with Gasteiger partial charge >= 0.3 is 0 Å². The van der Waals surface area contributed by atoms with Gasteiger partial charge in [-0.2, -0.15) is 0 Å². The monoisotopic (exact) mass is 247 g/mol. The Hall–Kier alpha value is -0.650. The zero-order valence-corrected chi connectivity index (χ0v) is 10.3. The highest BCUT2D eigenvalue weighted by Gasteiger charge is 2.07. The molecule has 0 aliphatic rings. The molecule has 0 radical (unpaired) electrons. The zero-order chi connectivity index (χ0) is 11.4. The van der Waals surface area contributed by atoms with Crippen LogP contribution in [0.2, 0.25) is 0 Å². The molecule has 6 heteroatoms. The van der Waals surface area contributed by atoms with Crippen LogP contribution in [0.5, 0.6) is 0 Å². The Bertz CT molecular complexity index is 440. The second-order valence-corrected chi connectivity index (χ2v) is 4.22. The van der Waals surface area contributed by atoms with Crippen LogP contribution in [0.4, 0.5) is 0 Å². The molecule has 0 atom stereocenters. The molecule has 2 N–H and O–H groups in total. The molecule has 15 heavy (non-hydrogen) atoms. The van der Waals surface area contributed by atoms with Crippen LogP contribution in [0.1, 0.15) is 11.3 Å². The molecule has 4 nitrogen and oxygen atoms in total. The van der Waals surface area contributed by atoms with E-state index in [0.29, 0.717) is 22.8 Å². The second-order valence-electron chi connectivity index (χ2n) is 3.44. The molecule has 1 aromatic heterocycles. The summed E-state index contributed by atoms with van der Waals surface area (Å²) in [6.45, 7) is 3.16. The summed E-state index contributed by atoms with van der Waals surface area (Å²) in [5, 5.41) is 0. The van der Waals surface area contributed by atoms with Crippen LogP contribution in [-0.4, -0.2) is 34.3 Å². The highest BCUT2D eigenvalue weighted by Crippen LogP contribution is 2.01. The molecule has 0 aromatic carbocycles. The van der Waals surface area contributed by atoms with Gasteiger partial charge in [-0.25, -0.2) is 0 Å². The number of H-pyrrole nitrogens is 2. The van der Waals surface area contributed by atoms with E-state index in [1.165, 1.54) is 0 Å². The summed E-state index contributed by atoms with van der Waals surface area (Å²) in [4.78, 5) is 19.1. The molecule has 84 valence electrons. The molecule has 0 amide bonds. The summed E-state index contributed by atoms with van der Waals surface area (Å²) >= 11 is 10.5. The van der Waals surface area contributed by atoms with Gasteiger partial charge in [-0.15, -0.1) is 11.6 Å². The van der Waals surface area contributed by atoms with Crippen LogP contribution < -0.4 is 5.56 Å². The maximum Gasteiger partial charge on any atom is 0.256 e. The van der Waals surface area contributed by atoms with Crippen LogP contribution in [0.15, 0.2) is 4.79 Å². The van der Waals surface area contributed by atoms with Crippen molar-refractivity contribution in [3.63, 3.8) is 0 Å². The molecule has 0 saturated heterocycles. The van der Waals surface area contributed by atoms with Gasteiger partial charge in [0.1, 0.15) is 0 Å². The number of rotatable bonds is 4.